The smallest absolute Gasteiger partial charge is 0.213 e. The van der Waals surface area contributed by atoms with E-state index in [1.165, 1.54) is 76.1 Å². The van der Waals surface area contributed by atoms with E-state index >= 15 is 4.39 Å². The average molecular weight is 826 g/mol. The molecule has 3 aromatic rings. The lowest BCUT2D eigenvalue weighted by molar-refractivity contribution is 0.0359. The molecule has 0 spiro atoms. The fraction of sp³-hybridized carbons (Fsp3) is 0.667. The number of hydrogen-bond donors (Lipinski definition) is 0. The minimum absolute atomic E-state index is 0.0243. The number of anilines is 1. The number of likely N-dealkylation sites (tertiary alicyclic amines) is 1. The molecule has 9 nitrogen and oxygen atoms in total. The van der Waals surface area contributed by atoms with E-state index in [4.69, 9.17) is 4.74 Å². The van der Waals surface area contributed by atoms with Crippen LogP contribution in [0.15, 0.2) is 57.3 Å². The summed E-state index contributed by atoms with van der Waals surface area (Å²) >= 11 is -1.28. The SMILES string of the molecule is CCCCCCCCCCCCOc1ccc(S(=O)(=O)c2cnc3ccc([S+](C)[O-])cc3c2N2CCC(N3CCC(N4CCN(C(C)C)CC4)CC3)CC2)c(F)c1. The molecule has 4 heterocycles. The first-order valence-corrected chi connectivity index (χ1v) is 25.0. The van der Waals surface area contributed by atoms with Crippen LogP contribution in [0.4, 0.5) is 10.1 Å². The topological polar surface area (TPSA) is 92.3 Å². The number of benzene rings is 2. The first-order chi connectivity index (χ1) is 27.6. The molecule has 0 bridgehead atoms. The van der Waals surface area contributed by atoms with Gasteiger partial charge in [0.15, 0.2) is 4.90 Å². The first kappa shape index (κ1) is 44.1. The van der Waals surface area contributed by atoms with E-state index in [9.17, 15) is 13.0 Å². The van der Waals surface area contributed by atoms with Crippen LogP contribution in [0.2, 0.25) is 0 Å². The maximum atomic E-state index is 15.8. The third-order valence-electron chi connectivity index (χ3n) is 12.8. The maximum Gasteiger partial charge on any atom is 0.213 e. The van der Waals surface area contributed by atoms with E-state index in [2.05, 4.69) is 45.4 Å². The van der Waals surface area contributed by atoms with Gasteiger partial charge in [-0.05, 0) is 94.5 Å². The Morgan fingerprint density at radius 3 is 1.98 bits per heavy atom. The second-order valence-electron chi connectivity index (χ2n) is 16.9. The standard InChI is InChI=1S/C45H68FN5O4S2/c1-5-6-7-8-9-10-11-12-13-14-31-55-38-15-18-43(41(46)32-38)57(53,54)44-34-47-42-17-16-39(56(4)52)33-40(42)45(44)51-25-21-36(22-26-51)49-23-19-37(20-24-49)50-29-27-48(28-30-50)35(2)3/h15-18,32-37H,5-14,19-31H2,1-4H3. The molecule has 0 saturated carbocycles. The summed E-state index contributed by atoms with van der Waals surface area (Å²) in [7, 11) is -4.32. The summed E-state index contributed by atoms with van der Waals surface area (Å²) in [5.41, 5.74) is 1.14. The Balaban J connectivity index is 1.10. The van der Waals surface area contributed by atoms with Crippen molar-refractivity contribution in [1.29, 1.82) is 0 Å². The van der Waals surface area contributed by atoms with Crippen molar-refractivity contribution in [3.8, 4) is 5.75 Å². The Hall–Kier alpha value is -2.48. The van der Waals surface area contributed by atoms with Crippen molar-refractivity contribution in [3.63, 3.8) is 0 Å². The predicted octanol–water partition coefficient (Wildman–Crippen LogP) is 8.70. The number of pyridine rings is 1. The molecule has 0 radical (unpaired) electrons. The van der Waals surface area contributed by atoms with Crippen molar-refractivity contribution in [3.05, 3.63) is 48.4 Å². The van der Waals surface area contributed by atoms with Gasteiger partial charge < -0.3 is 19.1 Å². The van der Waals surface area contributed by atoms with Crippen molar-refractivity contribution in [2.75, 3.05) is 70.1 Å². The van der Waals surface area contributed by atoms with Crippen LogP contribution in [-0.2, 0) is 21.0 Å². The molecule has 2 aromatic carbocycles. The van der Waals surface area contributed by atoms with Crippen LogP contribution in [-0.4, -0.2) is 116 Å². The van der Waals surface area contributed by atoms with Crippen LogP contribution in [0.5, 0.6) is 5.75 Å². The molecule has 0 N–H and O–H groups in total. The summed E-state index contributed by atoms with van der Waals surface area (Å²) in [5.74, 6) is -0.511. The van der Waals surface area contributed by atoms with E-state index in [0.717, 1.165) is 71.4 Å². The molecule has 3 saturated heterocycles. The van der Waals surface area contributed by atoms with Gasteiger partial charge in [0.2, 0.25) is 9.84 Å². The fourth-order valence-electron chi connectivity index (χ4n) is 9.22. The normalized spacial score (nSPS) is 19.2. The van der Waals surface area contributed by atoms with Crippen LogP contribution >= 0.6 is 0 Å². The molecule has 316 valence electrons. The molecular formula is C45H68FN5O4S2. The quantitative estimate of drug-likeness (QED) is 0.0870. The number of piperidine rings is 2. The predicted molar refractivity (Wildman–Crippen MR) is 231 cm³/mol. The Labute approximate surface area is 345 Å². The van der Waals surface area contributed by atoms with Gasteiger partial charge in [0, 0.05) is 81.1 Å². The number of aromatic nitrogens is 1. The first-order valence-electron chi connectivity index (χ1n) is 22.0. The molecule has 0 aliphatic carbocycles. The fourth-order valence-corrected chi connectivity index (χ4v) is 11.2. The number of unbranched alkanes of at least 4 members (excludes halogenated alkanes) is 9. The minimum atomic E-state index is -4.32. The highest BCUT2D eigenvalue weighted by Gasteiger charge is 2.35. The molecule has 3 aliphatic rings. The van der Waals surface area contributed by atoms with Crippen LogP contribution in [0.25, 0.3) is 10.9 Å². The Morgan fingerprint density at radius 1 is 0.789 bits per heavy atom. The van der Waals surface area contributed by atoms with E-state index in [1.54, 1.807) is 30.5 Å². The number of nitrogens with zero attached hydrogens (tertiary/aromatic N) is 5. The summed E-state index contributed by atoms with van der Waals surface area (Å²) in [6.07, 6.45) is 19.3. The van der Waals surface area contributed by atoms with Crippen LogP contribution in [0.3, 0.4) is 0 Å². The van der Waals surface area contributed by atoms with E-state index in [0.29, 0.717) is 65.1 Å². The molecular weight excluding hydrogens is 758 g/mol. The lowest BCUT2D eigenvalue weighted by atomic mass is 9.96. The highest BCUT2D eigenvalue weighted by Crippen LogP contribution is 2.39. The van der Waals surface area contributed by atoms with Crippen LogP contribution in [0, 0.1) is 5.82 Å². The molecule has 6 rings (SSSR count). The van der Waals surface area contributed by atoms with Gasteiger partial charge in [-0.25, -0.2) is 12.8 Å². The summed E-state index contributed by atoms with van der Waals surface area (Å²) in [6, 6.07) is 11.1. The Morgan fingerprint density at radius 2 is 1.39 bits per heavy atom. The molecule has 57 heavy (non-hydrogen) atoms. The van der Waals surface area contributed by atoms with E-state index in [-0.39, 0.29) is 4.90 Å². The molecule has 1 atom stereocenters. The zero-order valence-corrected chi connectivity index (χ0v) is 36.7. The maximum absolute atomic E-state index is 15.8. The number of ether oxygens (including phenoxy) is 1. The van der Waals surface area contributed by atoms with Gasteiger partial charge in [0.25, 0.3) is 0 Å². The minimum Gasteiger partial charge on any atom is -0.612 e. The number of fused-ring (bicyclic) bond motifs is 1. The molecule has 3 aliphatic heterocycles. The van der Waals surface area contributed by atoms with E-state index in [1.807, 2.05) is 0 Å². The zero-order chi connectivity index (χ0) is 40.4. The number of halogens is 1. The summed E-state index contributed by atoms with van der Waals surface area (Å²) < 4.78 is 63.2. The molecule has 0 amide bonds. The van der Waals surface area contributed by atoms with E-state index < -0.39 is 31.7 Å². The average Bonchev–Trinajstić information content (AvgIpc) is 3.22. The van der Waals surface area contributed by atoms with Gasteiger partial charge in [-0.1, -0.05) is 64.7 Å². The number of piperazine rings is 1. The highest BCUT2D eigenvalue weighted by molar-refractivity contribution is 7.91. The molecule has 1 aromatic heterocycles. The Bertz CT molecular complexity index is 1820. The zero-order valence-electron chi connectivity index (χ0n) is 35.1. The monoisotopic (exact) mass is 825 g/mol. The highest BCUT2D eigenvalue weighted by atomic mass is 32.2. The Kier molecular flexibility index (Phi) is 16.4. The third kappa shape index (κ3) is 11.4. The molecule has 12 heteroatoms. The summed E-state index contributed by atoms with van der Waals surface area (Å²) in [4.78, 5) is 14.8. The van der Waals surface area contributed by atoms with Gasteiger partial charge in [-0.2, -0.15) is 0 Å². The lowest BCUT2D eigenvalue weighted by Crippen LogP contribution is -2.56. The lowest BCUT2D eigenvalue weighted by Gasteiger charge is -2.46. The van der Waals surface area contributed by atoms with Crippen molar-refractivity contribution >= 4 is 37.6 Å². The van der Waals surface area contributed by atoms with Crippen molar-refractivity contribution in [2.24, 2.45) is 0 Å². The van der Waals surface area contributed by atoms with Gasteiger partial charge in [-0.15, -0.1) is 0 Å². The number of rotatable bonds is 19. The van der Waals surface area contributed by atoms with Crippen LogP contribution < -0.4 is 9.64 Å². The van der Waals surface area contributed by atoms with Gasteiger partial charge in [0.05, 0.1) is 17.8 Å². The molecule has 3 fully saturated rings. The number of sulfone groups is 1. The number of hydrogen-bond acceptors (Lipinski definition) is 9. The molecule has 1 unspecified atom stereocenters. The summed E-state index contributed by atoms with van der Waals surface area (Å²) in [6.45, 7) is 15.4. The third-order valence-corrected chi connectivity index (χ3v) is 15.5. The largest absolute Gasteiger partial charge is 0.612 e. The van der Waals surface area contributed by atoms with Gasteiger partial charge in [-0.3, -0.25) is 14.8 Å². The second kappa shape index (κ2) is 21.2. The van der Waals surface area contributed by atoms with Gasteiger partial charge in [0.1, 0.15) is 27.6 Å². The van der Waals surface area contributed by atoms with Crippen molar-refractivity contribution in [2.45, 2.75) is 143 Å². The van der Waals surface area contributed by atoms with Crippen LogP contribution in [0.1, 0.15) is 111 Å². The second-order valence-corrected chi connectivity index (χ2v) is 20.1. The van der Waals surface area contributed by atoms with Gasteiger partial charge >= 0.3 is 0 Å². The summed E-state index contributed by atoms with van der Waals surface area (Å²) in [5, 5.41) is 0.623. The van der Waals surface area contributed by atoms with Crippen molar-refractivity contribution in [1.82, 2.24) is 19.7 Å². The van der Waals surface area contributed by atoms with Crippen molar-refractivity contribution < 1.29 is 22.1 Å².